The molecule has 0 saturated carbocycles. The van der Waals surface area contributed by atoms with Gasteiger partial charge in [-0.25, -0.2) is 9.67 Å². The minimum Gasteiger partial charge on any atom is -0.388 e. The molecule has 2 heterocycles. The van der Waals surface area contributed by atoms with Gasteiger partial charge in [-0.05, 0) is 49.5 Å². The van der Waals surface area contributed by atoms with Crippen LogP contribution in [0.1, 0.15) is 30.3 Å². The summed E-state index contributed by atoms with van der Waals surface area (Å²) >= 11 is 0. The van der Waals surface area contributed by atoms with Gasteiger partial charge in [0.05, 0.1) is 18.3 Å². The van der Waals surface area contributed by atoms with Crippen LogP contribution in [0.5, 0.6) is 0 Å². The summed E-state index contributed by atoms with van der Waals surface area (Å²) in [4.78, 5) is 6.82. The third-order valence-electron chi connectivity index (χ3n) is 5.14. The van der Waals surface area contributed by atoms with Gasteiger partial charge in [0, 0.05) is 0 Å². The van der Waals surface area contributed by atoms with Crippen molar-refractivity contribution in [2.45, 2.75) is 25.5 Å². The summed E-state index contributed by atoms with van der Waals surface area (Å²) in [6.07, 6.45) is 3.40. The Hall–Kier alpha value is -2.50. The molecule has 0 bridgehead atoms. The molecule has 3 aromatic rings. The molecule has 0 radical (unpaired) electrons. The molecule has 5 heteroatoms. The molecule has 0 spiro atoms. The fourth-order valence-corrected chi connectivity index (χ4v) is 3.62. The maximum Gasteiger partial charge on any atom is 0.164 e. The topological polar surface area (TPSA) is 54.2 Å². The maximum absolute atomic E-state index is 10.6. The van der Waals surface area contributed by atoms with E-state index in [1.54, 1.807) is 6.33 Å². The van der Waals surface area contributed by atoms with Gasteiger partial charge < -0.3 is 5.11 Å². The SMILES string of the molecule is OC(c1ccccc1)C1CCN(Cc2ncn(-c3ccccc3)n2)CC1. The molecule has 134 valence electrons. The van der Waals surface area contributed by atoms with Crippen molar-refractivity contribution in [1.82, 2.24) is 19.7 Å². The molecule has 1 N–H and O–H groups in total. The lowest BCUT2D eigenvalue weighted by molar-refractivity contribution is 0.0561. The van der Waals surface area contributed by atoms with Crippen LogP contribution in [0.2, 0.25) is 0 Å². The van der Waals surface area contributed by atoms with Crippen LogP contribution in [0.4, 0.5) is 0 Å². The second-order valence-electron chi connectivity index (χ2n) is 6.91. The zero-order valence-corrected chi connectivity index (χ0v) is 14.8. The highest BCUT2D eigenvalue weighted by molar-refractivity contribution is 5.29. The van der Waals surface area contributed by atoms with E-state index >= 15 is 0 Å². The number of rotatable bonds is 5. The van der Waals surface area contributed by atoms with Crippen molar-refractivity contribution in [2.24, 2.45) is 5.92 Å². The highest BCUT2D eigenvalue weighted by Crippen LogP contribution is 2.30. The third-order valence-corrected chi connectivity index (χ3v) is 5.14. The number of nitrogens with zero attached hydrogens (tertiary/aromatic N) is 4. The Labute approximate surface area is 153 Å². The number of hydrogen-bond donors (Lipinski definition) is 1. The van der Waals surface area contributed by atoms with Gasteiger partial charge in [0.2, 0.25) is 0 Å². The van der Waals surface area contributed by atoms with Gasteiger partial charge >= 0.3 is 0 Å². The van der Waals surface area contributed by atoms with Crippen molar-refractivity contribution in [2.75, 3.05) is 13.1 Å². The monoisotopic (exact) mass is 348 g/mol. The summed E-state index contributed by atoms with van der Waals surface area (Å²) < 4.78 is 1.82. The lowest BCUT2D eigenvalue weighted by Crippen LogP contribution is -2.35. The third kappa shape index (κ3) is 3.84. The second kappa shape index (κ2) is 7.81. The number of likely N-dealkylation sites (tertiary alicyclic amines) is 1. The van der Waals surface area contributed by atoms with Crippen LogP contribution in [0.15, 0.2) is 67.0 Å². The standard InChI is InChI=1S/C21H24N4O/c26-21(17-7-3-1-4-8-17)18-11-13-24(14-12-18)15-20-22-16-25(23-20)19-9-5-2-6-10-19/h1-10,16,18,21,26H,11-15H2. The van der Waals surface area contributed by atoms with E-state index in [9.17, 15) is 5.11 Å². The zero-order chi connectivity index (χ0) is 17.8. The van der Waals surface area contributed by atoms with Gasteiger partial charge in [-0.2, -0.15) is 0 Å². The van der Waals surface area contributed by atoms with Gasteiger partial charge in [-0.1, -0.05) is 48.5 Å². The molecule has 1 aliphatic heterocycles. The maximum atomic E-state index is 10.6. The van der Waals surface area contributed by atoms with E-state index in [0.29, 0.717) is 5.92 Å². The van der Waals surface area contributed by atoms with Crippen LogP contribution in [0.25, 0.3) is 5.69 Å². The average molecular weight is 348 g/mol. The normalized spacial score (nSPS) is 17.3. The van der Waals surface area contributed by atoms with E-state index in [4.69, 9.17) is 0 Å². The van der Waals surface area contributed by atoms with Crippen LogP contribution in [-0.4, -0.2) is 37.9 Å². The predicted octanol–water partition coefficient (Wildman–Crippen LogP) is 3.21. The lowest BCUT2D eigenvalue weighted by Gasteiger charge is -2.33. The minimum absolute atomic E-state index is 0.323. The van der Waals surface area contributed by atoms with Gasteiger partial charge in [0.1, 0.15) is 6.33 Å². The molecule has 1 fully saturated rings. The van der Waals surface area contributed by atoms with E-state index in [0.717, 1.165) is 49.6 Å². The van der Waals surface area contributed by atoms with E-state index in [1.807, 2.05) is 65.3 Å². The first kappa shape index (κ1) is 16.9. The van der Waals surface area contributed by atoms with Gasteiger partial charge in [0.25, 0.3) is 0 Å². The first-order valence-corrected chi connectivity index (χ1v) is 9.21. The minimum atomic E-state index is -0.367. The second-order valence-corrected chi connectivity index (χ2v) is 6.91. The van der Waals surface area contributed by atoms with Crippen molar-refractivity contribution in [1.29, 1.82) is 0 Å². The molecule has 1 aromatic heterocycles. The number of aliphatic hydroxyl groups is 1. The summed E-state index contributed by atoms with van der Waals surface area (Å²) in [5.41, 5.74) is 2.05. The zero-order valence-electron chi connectivity index (χ0n) is 14.8. The fraction of sp³-hybridized carbons (Fsp3) is 0.333. The fourth-order valence-electron chi connectivity index (χ4n) is 3.62. The first-order chi connectivity index (χ1) is 12.8. The Kier molecular flexibility index (Phi) is 5.09. The lowest BCUT2D eigenvalue weighted by atomic mass is 9.87. The van der Waals surface area contributed by atoms with Crippen molar-refractivity contribution < 1.29 is 5.11 Å². The molecule has 0 amide bonds. The van der Waals surface area contributed by atoms with E-state index in [2.05, 4.69) is 15.0 Å². The Balaban J connectivity index is 1.32. The molecule has 1 unspecified atom stereocenters. The summed E-state index contributed by atoms with van der Waals surface area (Å²) in [6.45, 7) is 2.69. The quantitative estimate of drug-likeness (QED) is 0.769. The van der Waals surface area contributed by atoms with Gasteiger partial charge in [-0.15, -0.1) is 5.10 Å². The summed E-state index contributed by atoms with van der Waals surface area (Å²) in [5.74, 6) is 1.17. The number of benzene rings is 2. The molecular formula is C21H24N4O. The highest BCUT2D eigenvalue weighted by atomic mass is 16.3. The average Bonchev–Trinajstić information content (AvgIpc) is 3.18. The largest absolute Gasteiger partial charge is 0.388 e. The number of hydrogen-bond acceptors (Lipinski definition) is 4. The molecule has 5 nitrogen and oxygen atoms in total. The Morgan fingerprint density at radius 1 is 0.962 bits per heavy atom. The summed E-state index contributed by atoms with van der Waals surface area (Å²) in [7, 11) is 0. The summed E-state index contributed by atoms with van der Waals surface area (Å²) in [5, 5.41) is 15.2. The van der Waals surface area contributed by atoms with E-state index in [-0.39, 0.29) is 6.10 Å². The van der Waals surface area contributed by atoms with Gasteiger partial charge in [-0.3, -0.25) is 4.90 Å². The van der Waals surface area contributed by atoms with Crippen molar-refractivity contribution >= 4 is 0 Å². The number of aromatic nitrogens is 3. The molecule has 2 aromatic carbocycles. The molecule has 1 atom stereocenters. The van der Waals surface area contributed by atoms with Crippen LogP contribution in [-0.2, 0) is 6.54 Å². The van der Waals surface area contributed by atoms with E-state index < -0.39 is 0 Å². The number of para-hydroxylation sites is 1. The van der Waals surface area contributed by atoms with Crippen LogP contribution in [0.3, 0.4) is 0 Å². The molecule has 26 heavy (non-hydrogen) atoms. The molecule has 1 saturated heterocycles. The Morgan fingerprint density at radius 2 is 1.62 bits per heavy atom. The predicted molar refractivity (Wildman–Crippen MR) is 101 cm³/mol. The summed E-state index contributed by atoms with van der Waals surface area (Å²) in [6, 6.07) is 20.0. The Bertz CT molecular complexity index is 810. The van der Waals surface area contributed by atoms with Crippen molar-refractivity contribution in [3.8, 4) is 5.69 Å². The molecule has 4 rings (SSSR count). The van der Waals surface area contributed by atoms with Crippen LogP contribution in [0, 0.1) is 5.92 Å². The molecule has 1 aliphatic rings. The van der Waals surface area contributed by atoms with Crippen molar-refractivity contribution in [3.05, 3.63) is 78.4 Å². The smallest absolute Gasteiger partial charge is 0.164 e. The van der Waals surface area contributed by atoms with E-state index in [1.165, 1.54) is 0 Å². The van der Waals surface area contributed by atoms with Crippen LogP contribution < -0.4 is 0 Å². The highest BCUT2D eigenvalue weighted by Gasteiger charge is 2.26. The van der Waals surface area contributed by atoms with Gasteiger partial charge in [0.15, 0.2) is 5.82 Å². The number of piperidine rings is 1. The van der Waals surface area contributed by atoms with Crippen molar-refractivity contribution in [3.63, 3.8) is 0 Å². The number of aliphatic hydroxyl groups excluding tert-OH is 1. The Morgan fingerprint density at radius 3 is 2.31 bits per heavy atom. The first-order valence-electron chi connectivity index (χ1n) is 9.21. The molecule has 0 aliphatic carbocycles. The molecular weight excluding hydrogens is 324 g/mol. The van der Waals surface area contributed by atoms with Crippen LogP contribution >= 0.6 is 0 Å².